The molecule has 0 atom stereocenters. The molecule has 2 aromatic rings. The molecular formula is C17H14N2O3. The molecule has 0 saturated heterocycles. The highest BCUT2D eigenvalue weighted by atomic mass is 16.2. The topological polar surface area (TPSA) is 66.5 Å². The number of fused-ring (bicyclic) bond motifs is 1. The number of amides is 3. The molecule has 1 heterocycles. The van der Waals surface area contributed by atoms with Crippen molar-refractivity contribution in [2.24, 2.45) is 0 Å². The van der Waals surface area contributed by atoms with E-state index in [9.17, 15) is 14.4 Å². The number of nitrogens with one attached hydrogen (secondary N) is 1. The summed E-state index contributed by atoms with van der Waals surface area (Å²) in [4.78, 5) is 37.8. The highest BCUT2D eigenvalue weighted by Crippen LogP contribution is 2.28. The smallest absolute Gasteiger partial charge is 0.266 e. The molecule has 110 valence electrons. The van der Waals surface area contributed by atoms with Gasteiger partial charge in [-0.05, 0) is 37.3 Å². The first kappa shape index (κ1) is 14.0. The van der Waals surface area contributed by atoms with E-state index < -0.39 is 0 Å². The quantitative estimate of drug-likeness (QED) is 0.883. The average Bonchev–Trinajstić information content (AvgIpc) is 2.80. The molecule has 1 aliphatic rings. The van der Waals surface area contributed by atoms with Crippen LogP contribution in [0.3, 0.4) is 0 Å². The van der Waals surface area contributed by atoms with E-state index in [4.69, 9.17) is 0 Å². The summed E-state index contributed by atoms with van der Waals surface area (Å²) in [6.45, 7) is 2.34. The number of carbonyl (C=O) groups is 3. The van der Waals surface area contributed by atoms with Crippen LogP contribution >= 0.6 is 0 Å². The molecule has 0 spiro atoms. The molecule has 2 aromatic carbocycles. The van der Waals surface area contributed by atoms with E-state index in [1.807, 2.05) is 6.92 Å². The zero-order chi connectivity index (χ0) is 15.7. The molecular weight excluding hydrogens is 280 g/mol. The van der Waals surface area contributed by atoms with Gasteiger partial charge in [-0.3, -0.25) is 14.4 Å². The maximum Gasteiger partial charge on any atom is 0.266 e. The second-order valence-corrected chi connectivity index (χ2v) is 4.90. The summed E-state index contributed by atoms with van der Waals surface area (Å²) in [6, 6.07) is 13.2. The Bertz CT molecular complexity index is 748. The van der Waals surface area contributed by atoms with Gasteiger partial charge in [0.1, 0.15) is 0 Å². The standard InChI is InChI=1S/C17H14N2O3/c1-2-18-15(20)11-6-5-7-12(10-11)19-16(21)13-8-3-4-9-14(13)17(19)22/h3-10H,2H2,1H3,(H,18,20). The van der Waals surface area contributed by atoms with Gasteiger partial charge in [0.2, 0.25) is 0 Å². The Kier molecular flexibility index (Phi) is 3.47. The maximum atomic E-state index is 12.4. The van der Waals surface area contributed by atoms with Crippen LogP contribution in [0.5, 0.6) is 0 Å². The molecule has 0 aromatic heterocycles. The maximum absolute atomic E-state index is 12.4. The number of hydrogen-bond donors (Lipinski definition) is 1. The number of nitrogens with zero attached hydrogens (tertiary/aromatic N) is 1. The minimum atomic E-state index is -0.367. The Balaban J connectivity index is 2.00. The van der Waals surface area contributed by atoms with Crippen LogP contribution in [0.15, 0.2) is 48.5 Å². The van der Waals surface area contributed by atoms with Crippen molar-refractivity contribution in [3.63, 3.8) is 0 Å². The first-order chi connectivity index (χ1) is 10.6. The van der Waals surface area contributed by atoms with Crippen LogP contribution in [0.4, 0.5) is 5.69 Å². The SMILES string of the molecule is CCNC(=O)c1cccc(N2C(=O)c3ccccc3C2=O)c1. The number of benzene rings is 2. The van der Waals surface area contributed by atoms with Crippen molar-refractivity contribution in [3.8, 4) is 0 Å². The van der Waals surface area contributed by atoms with E-state index >= 15 is 0 Å². The van der Waals surface area contributed by atoms with E-state index in [0.29, 0.717) is 28.9 Å². The molecule has 1 aliphatic heterocycles. The van der Waals surface area contributed by atoms with E-state index in [-0.39, 0.29) is 17.7 Å². The first-order valence-electron chi connectivity index (χ1n) is 6.99. The summed E-state index contributed by atoms with van der Waals surface area (Å²) in [5.41, 5.74) is 1.58. The van der Waals surface area contributed by atoms with Crippen molar-refractivity contribution >= 4 is 23.4 Å². The van der Waals surface area contributed by atoms with Crippen LogP contribution in [-0.4, -0.2) is 24.3 Å². The largest absolute Gasteiger partial charge is 0.352 e. The van der Waals surface area contributed by atoms with Crippen molar-refractivity contribution in [2.75, 3.05) is 11.4 Å². The first-order valence-corrected chi connectivity index (χ1v) is 6.99. The highest BCUT2D eigenvalue weighted by Gasteiger charge is 2.36. The molecule has 0 fully saturated rings. The summed E-state index contributed by atoms with van der Waals surface area (Å²) < 4.78 is 0. The van der Waals surface area contributed by atoms with Gasteiger partial charge in [-0.25, -0.2) is 4.90 Å². The van der Waals surface area contributed by atoms with Gasteiger partial charge in [-0.2, -0.15) is 0 Å². The summed E-state index contributed by atoms with van der Waals surface area (Å²) in [7, 11) is 0. The van der Waals surface area contributed by atoms with Crippen molar-refractivity contribution in [3.05, 3.63) is 65.2 Å². The van der Waals surface area contributed by atoms with Crippen LogP contribution in [-0.2, 0) is 0 Å². The number of carbonyl (C=O) groups excluding carboxylic acids is 3. The third-order valence-electron chi connectivity index (χ3n) is 3.50. The molecule has 22 heavy (non-hydrogen) atoms. The van der Waals surface area contributed by atoms with Gasteiger partial charge in [-0.1, -0.05) is 18.2 Å². The van der Waals surface area contributed by atoms with Crippen molar-refractivity contribution in [1.82, 2.24) is 5.32 Å². The van der Waals surface area contributed by atoms with Gasteiger partial charge in [0.05, 0.1) is 16.8 Å². The van der Waals surface area contributed by atoms with Crippen LogP contribution in [0.25, 0.3) is 0 Å². The third kappa shape index (κ3) is 2.16. The molecule has 5 heteroatoms. The molecule has 3 amide bonds. The van der Waals surface area contributed by atoms with Crippen molar-refractivity contribution in [2.45, 2.75) is 6.92 Å². The fourth-order valence-corrected chi connectivity index (χ4v) is 2.47. The normalized spacial score (nSPS) is 13.2. The highest BCUT2D eigenvalue weighted by molar-refractivity contribution is 6.34. The lowest BCUT2D eigenvalue weighted by Crippen LogP contribution is -2.30. The minimum Gasteiger partial charge on any atom is -0.352 e. The van der Waals surface area contributed by atoms with Gasteiger partial charge in [0.25, 0.3) is 17.7 Å². The van der Waals surface area contributed by atoms with Crippen LogP contribution < -0.4 is 10.2 Å². The van der Waals surface area contributed by atoms with Gasteiger partial charge >= 0.3 is 0 Å². The van der Waals surface area contributed by atoms with Crippen molar-refractivity contribution in [1.29, 1.82) is 0 Å². The second kappa shape index (κ2) is 5.44. The van der Waals surface area contributed by atoms with E-state index in [1.165, 1.54) is 0 Å². The number of anilines is 1. The average molecular weight is 294 g/mol. The molecule has 0 saturated carbocycles. The molecule has 0 unspecified atom stereocenters. The van der Waals surface area contributed by atoms with Crippen LogP contribution in [0, 0.1) is 0 Å². The number of hydrogen-bond acceptors (Lipinski definition) is 3. The van der Waals surface area contributed by atoms with E-state index in [0.717, 1.165) is 4.90 Å². The second-order valence-electron chi connectivity index (χ2n) is 4.90. The van der Waals surface area contributed by atoms with Crippen LogP contribution in [0.1, 0.15) is 38.0 Å². The fourth-order valence-electron chi connectivity index (χ4n) is 2.47. The molecule has 3 rings (SSSR count). The Labute approximate surface area is 127 Å². The summed E-state index contributed by atoms with van der Waals surface area (Å²) in [6.07, 6.45) is 0. The molecule has 0 radical (unpaired) electrons. The molecule has 5 nitrogen and oxygen atoms in total. The minimum absolute atomic E-state index is 0.235. The monoisotopic (exact) mass is 294 g/mol. The summed E-state index contributed by atoms with van der Waals surface area (Å²) >= 11 is 0. The summed E-state index contributed by atoms with van der Waals surface area (Å²) in [5.74, 6) is -0.969. The number of rotatable bonds is 3. The van der Waals surface area contributed by atoms with Crippen LogP contribution in [0.2, 0.25) is 0 Å². The Morgan fingerprint density at radius 3 is 2.23 bits per heavy atom. The third-order valence-corrected chi connectivity index (χ3v) is 3.50. The Morgan fingerprint density at radius 2 is 1.64 bits per heavy atom. The Morgan fingerprint density at radius 1 is 1.00 bits per heavy atom. The van der Waals surface area contributed by atoms with E-state index in [1.54, 1.807) is 48.5 Å². The molecule has 1 N–H and O–H groups in total. The fraction of sp³-hybridized carbons (Fsp3) is 0.118. The van der Waals surface area contributed by atoms with E-state index in [2.05, 4.69) is 5.32 Å². The van der Waals surface area contributed by atoms with Gasteiger partial charge in [-0.15, -0.1) is 0 Å². The number of imide groups is 1. The zero-order valence-corrected chi connectivity index (χ0v) is 12.0. The molecule has 0 aliphatic carbocycles. The lowest BCUT2D eigenvalue weighted by molar-refractivity contribution is 0.0920. The van der Waals surface area contributed by atoms with Gasteiger partial charge < -0.3 is 5.32 Å². The zero-order valence-electron chi connectivity index (χ0n) is 12.0. The van der Waals surface area contributed by atoms with Gasteiger partial charge in [0, 0.05) is 12.1 Å². The van der Waals surface area contributed by atoms with Gasteiger partial charge in [0.15, 0.2) is 0 Å². The lowest BCUT2D eigenvalue weighted by atomic mass is 10.1. The van der Waals surface area contributed by atoms with Crippen molar-refractivity contribution < 1.29 is 14.4 Å². The summed E-state index contributed by atoms with van der Waals surface area (Å²) in [5, 5.41) is 2.69. The lowest BCUT2D eigenvalue weighted by Gasteiger charge is -2.14. The predicted molar refractivity (Wildman–Crippen MR) is 82.0 cm³/mol. The Hall–Kier alpha value is -2.95. The predicted octanol–water partition coefficient (Wildman–Crippen LogP) is 2.24. The molecule has 0 bridgehead atoms.